The molecule has 1 N–H and O–H groups in total. The van der Waals surface area contributed by atoms with Crippen LogP contribution in [0.25, 0.3) is 11.1 Å². The molecule has 2 aromatic carbocycles. The minimum absolute atomic E-state index is 0.151. The van der Waals surface area contributed by atoms with E-state index in [0.29, 0.717) is 24.1 Å². The Morgan fingerprint density at radius 2 is 1.78 bits per heavy atom. The van der Waals surface area contributed by atoms with E-state index in [1.165, 1.54) is 6.20 Å². The van der Waals surface area contributed by atoms with Gasteiger partial charge in [-0.15, -0.1) is 0 Å². The Morgan fingerprint density at radius 3 is 2.37 bits per heavy atom. The lowest BCUT2D eigenvalue weighted by molar-refractivity contribution is -0.137. The number of ether oxygens (including phenoxy) is 1. The Kier molecular flexibility index (Phi) is 5.12. The summed E-state index contributed by atoms with van der Waals surface area (Å²) in [5, 5.41) is 9.27. The monoisotopic (exact) mass is 373 g/mol. The van der Waals surface area contributed by atoms with Gasteiger partial charge in [-0.3, -0.25) is 0 Å². The van der Waals surface area contributed by atoms with E-state index in [1.807, 2.05) is 30.3 Å². The van der Waals surface area contributed by atoms with Gasteiger partial charge in [0.05, 0.1) is 11.1 Å². The van der Waals surface area contributed by atoms with Crippen LogP contribution in [0.3, 0.4) is 0 Å². The van der Waals surface area contributed by atoms with Crippen LogP contribution in [-0.4, -0.2) is 16.1 Å². The van der Waals surface area contributed by atoms with E-state index < -0.39 is 23.3 Å². The van der Waals surface area contributed by atoms with Crippen molar-refractivity contribution in [1.82, 2.24) is 4.98 Å². The lowest BCUT2D eigenvalue weighted by atomic mass is 9.98. The van der Waals surface area contributed by atoms with Crippen LogP contribution in [0.5, 0.6) is 5.88 Å². The largest absolute Gasteiger partial charge is 0.478 e. The van der Waals surface area contributed by atoms with Crippen LogP contribution >= 0.6 is 0 Å². The van der Waals surface area contributed by atoms with Gasteiger partial charge in [0.2, 0.25) is 5.88 Å². The lowest BCUT2D eigenvalue weighted by Crippen LogP contribution is -2.08. The number of carboxylic acid groups (broad SMARTS) is 1. The van der Waals surface area contributed by atoms with Gasteiger partial charge in [-0.25, -0.2) is 9.78 Å². The number of aromatic carboxylic acids is 1. The fourth-order valence-electron chi connectivity index (χ4n) is 2.51. The molecule has 0 unspecified atom stereocenters. The smallest absolute Gasteiger partial charge is 0.416 e. The molecule has 0 amide bonds. The number of carbonyl (C=O) groups is 1. The molecule has 27 heavy (non-hydrogen) atoms. The minimum atomic E-state index is -4.61. The van der Waals surface area contributed by atoms with Gasteiger partial charge in [0.1, 0.15) is 6.61 Å². The van der Waals surface area contributed by atoms with E-state index in [2.05, 4.69) is 4.98 Å². The molecule has 0 aliphatic carbocycles. The van der Waals surface area contributed by atoms with Gasteiger partial charge >= 0.3 is 12.1 Å². The number of rotatable bonds is 5. The van der Waals surface area contributed by atoms with Gasteiger partial charge in [0.25, 0.3) is 0 Å². The van der Waals surface area contributed by atoms with Crippen molar-refractivity contribution in [3.8, 4) is 17.0 Å². The third-order valence-corrected chi connectivity index (χ3v) is 3.85. The molecule has 0 saturated carbocycles. The number of halogens is 3. The van der Waals surface area contributed by atoms with Crippen molar-refractivity contribution in [2.24, 2.45) is 0 Å². The highest BCUT2D eigenvalue weighted by Crippen LogP contribution is 2.33. The topological polar surface area (TPSA) is 59.4 Å². The average molecular weight is 373 g/mol. The molecule has 0 atom stereocenters. The second kappa shape index (κ2) is 7.49. The lowest BCUT2D eigenvalue weighted by Gasteiger charge is -2.12. The number of alkyl halides is 3. The van der Waals surface area contributed by atoms with Crippen LogP contribution in [-0.2, 0) is 12.8 Å². The number of hydrogen-bond donors (Lipinski definition) is 1. The van der Waals surface area contributed by atoms with Crippen molar-refractivity contribution in [3.05, 3.63) is 83.6 Å². The maximum absolute atomic E-state index is 12.8. The fraction of sp³-hybridized carbons (Fsp3) is 0.100. The summed E-state index contributed by atoms with van der Waals surface area (Å²) in [6, 6.07) is 15.2. The molecule has 7 heteroatoms. The summed E-state index contributed by atoms with van der Waals surface area (Å²) in [5.41, 5.74) is 0.0362. The Balaban J connectivity index is 1.83. The van der Waals surface area contributed by atoms with Crippen molar-refractivity contribution in [1.29, 1.82) is 0 Å². The maximum atomic E-state index is 12.8. The predicted octanol–water partition coefficient (Wildman–Crippen LogP) is 5.04. The summed E-state index contributed by atoms with van der Waals surface area (Å²) in [6.45, 7) is 0.313. The zero-order valence-electron chi connectivity index (χ0n) is 13.9. The minimum Gasteiger partial charge on any atom is -0.478 e. The fourth-order valence-corrected chi connectivity index (χ4v) is 2.51. The molecule has 0 radical (unpaired) electrons. The van der Waals surface area contributed by atoms with Crippen molar-refractivity contribution in [2.45, 2.75) is 12.8 Å². The molecule has 0 fully saturated rings. The normalized spacial score (nSPS) is 11.2. The van der Waals surface area contributed by atoms with Gasteiger partial charge in [-0.2, -0.15) is 13.2 Å². The van der Waals surface area contributed by atoms with Crippen LogP contribution in [0, 0.1) is 0 Å². The maximum Gasteiger partial charge on any atom is 0.416 e. The Labute approximate surface area is 152 Å². The van der Waals surface area contributed by atoms with Gasteiger partial charge in [0.15, 0.2) is 0 Å². The van der Waals surface area contributed by atoms with E-state index in [-0.39, 0.29) is 5.56 Å². The van der Waals surface area contributed by atoms with Crippen molar-refractivity contribution in [3.63, 3.8) is 0 Å². The quantitative estimate of drug-likeness (QED) is 0.680. The first-order valence-corrected chi connectivity index (χ1v) is 7.92. The van der Waals surface area contributed by atoms with Crippen LogP contribution in [0.1, 0.15) is 21.5 Å². The second-order valence-electron chi connectivity index (χ2n) is 5.72. The van der Waals surface area contributed by atoms with Crippen molar-refractivity contribution < 1.29 is 27.8 Å². The van der Waals surface area contributed by atoms with E-state index in [9.17, 15) is 23.1 Å². The molecule has 0 aliphatic rings. The molecule has 0 bridgehead atoms. The summed E-state index contributed by atoms with van der Waals surface area (Å²) < 4.78 is 44.0. The van der Waals surface area contributed by atoms with Crippen LogP contribution < -0.4 is 4.74 Å². The van der Waals surface area contributed by atoms with Crippen LogP contribution in [0.15, 0.2) is 66.9 Å². The summed E-state index contributed by atoms with van der Waals surface area (Å²) in [4.78, 5) is 15.5. The van der Waals surface area contributed by atoms with E-state index in [1.54, 1.807) is 12.1 Å². The van der Waals surface area contributed by atoms with Crippen LogP contribution in [0.2, 0.25) is 0 Å². The van der Waals surface area contributed by atoms with E-state index in [4.69, 9.17) is 4.74 Å². The molecule has 1 heterocycles. The molecular formula is C20H14F3NO3. The van der Waals surface area contributed by atoms with Gasteiger partial charge in [0, 0.05) is 17.8 Å². The van der Waals surface area contributed by atoms with Crippen LogP contribution in [0.4, 0.5) is 13.2 Å². The number of benzene rings is 2. The van der Waals surface area contributed by atoms with E-state index in [0.717, 1.165) is 17.7 Å². The second-order valence-corrected chi connectivity index (χ2v) is 5.72. The van der Waals surface area contributed by atoms with E-state index >= 15 is 0 Å². The van der Waals surface area contributed by atoms with Crippen molar-refractivity contribution >= 4 is 5.97 Å². The predicted molar refractivity (Wildman–Crippen MR) is 92.4 cm³/mol. The zero-order valence-corrected chi connectivity index (χ0v) is 13.9. The highest BCUT2D eigenvalue weighted by molar-refractivity contribution is 5.96. The molecule has 0 spiro atoms. The third kappa shape index (κ3) is 4.44. The summed E-state index contributed by atoms with van der Waals surface area (Å²) in [7, 11) is 0. The SMILES string of the molecule is O=C(O)c1cc(C(F)(F)F)ccc1-c1ccc(OCc2ccccc2)nc1. The van der Waals surface area contributed by atoms with Gasteiger partial charge < -0.3 is 9.84 Å². The van der Waals surface area contributed by atoms with Gasteiger partial charge in [-0.1, -0.05) is 36.4 Å². The Bertz CT molecular complexity index is 939. The average Bonchev–Trinajstić information content (AvgIpc) is 2.66. The zero-order chi connectivity index (χ0) is 19.4. The molecule has 0 saturated heterocycles. The number of hydrogen-bond acceptors (Lipinski definition) is 3. The van der Waals surface area contributed by atoms with Gasteiger partial charge in [-0.05, 0) is 29.3 Å². The molecule has 3 rings (SSSR count). The summed E-state index contributed by atoms with van der Waals surface area (Å²) in [6.07, 6.45) is -3.24. The summed E-state index contributed by atoms with van der Waals surface area (Å²) in [5.74, 6) is -1.12. The number of nitrogens with zero attached hydrogens (tertiary/aromatic N) is 1. The highest BCUT2D eigenvalue weighted by Gasteiger charge is 2.32. The highest BCUT2D eigenvalue weighted by atomic mass is 19.4. The number of pyridine rings is 1. The first-order valence-electron chi connectivity index (χ1n) is 7.92. The first-order chi connectivity index (χ1) is 12.8. The molecule has 3 aromatic rings. The number of carboxylic acids is 1. The number of aromatic nitrogens is 1. The molecule has 4 nitrogen and oxygen atoms in total. The first kappa shape index (κ1) is 18.4. The Hall–Kier alpha value is -3.35. The molecule has 0 aliphatic heterocycles. The molecule has 1 aromatic heterocycles. The third-order valence-electron chi connectivity index (χ3n) is 3.85. The molecular weight excluding hydrogens is 359 g/mol. The molecule has 138 valence electrons. The Morgan fingerprint density at radius 1 is 1.04 bits per heavy atom. The standard InChI is InChI=1S/C20H14F3NO3/c21-20(22,23)15-7-8-16(17(10-15)19(25)26)14-6-9-18(24-11-14)27-12-13-4-2-1-3-5-13/h1-11H,12H2,(H,25,26). The van der Waals surface area contributed by atoms with Crippen molar-refractivity contribution in [2.75, 3.05) is 0 Å². The summed E-state index contributed by atoms with van der Waals surface area (Å²) >= 11 is 0.